The summed E-state index contributed by atoms with van der Waals surface area (Å²) in [5, 5.41) is 22.0. The summed E-state index contributed by atoms with van der Waals surface area (Å²) in [6, 6.07) is 5.82. The molecule has 5 nitrogen and oxygen atoms in total. The Labute approximate surface area is 209 Å². The summed E-state index contributed by atoms with van der Waals surface area (Å²) >= 11 is 3.96. The molecule has 0 unspecified atom stereocenters. The molecule has 35 heavy (non-hydrogen) atoms. The number of allylic oxidation sites excluding steroid dienone is 3. The first-order valence-corrected chi connectivity index (χ1v) is 12.6. The van der Waals surface area contributed by atoms with Crippen molar-refractivity contribution in [1.82, 2.24) is 0 Å². The largest absolute Gasteiger partial charge is 0.404 e. The number of hydrogen-bond acceptors (Lipinski definition) is 5. The fraction of sp³-hybridized carbons (Fsp3) is 0.556. The molecule has 4 aliphatic carbocycles. The highest BCUT2D eigenvalue weighted by atomic mass is 32.1. The summed E-state index contributed by atoms with van der Waals surface area (Å²) in [5.74, 6) is -1.13. The molecule has 0 spiro atoms. The highest BCUT2D eigenvalue weighted by Crippen LogP contribution is 2.70. The third kappa shape index (κ3) is 3.18. The zero-order chi connectivity index (χ0) is 25.4. The third-order valence-electron chi connectivity index (χ3n) is 9.80. The van der Waals surface area contributed by atoms with Gasteiger partial charge in [0.1, 0.15) is 17.1 Å². The van der Waals surface area contributed by atoms with Gasteiger partial charge in [0, 0.05) is 16.7 Å². The molecule has 0 amide bonds. The monoisotopic (exact) mass is 502 g/mol. The van der Waals surface area contributed by atoms with Crippen molar-refractivity contribution in [2.24, 2.45) is 33.4 Å². The number of halogens is 2. The van der Waals surface area contributed by atoms with Gasteiger partial charge in [0.2, 0.25) is 5.12 Å². The van der Waals surface area contributed by atoms with E-state index in [4.69, 9.17) is 5.73 Å². The Morgan fingerprint density at radius 2 is 1.91 bits per heavy atom. The number of alkyl halides is 1. The van der Waals surface area contributed by atoms with Crippen LogP contribution in [0.5, 0.6) is 0 Å². The van der Waals surface area contributed by atoms with Gasteiger partial charge in [-0.25, -0.2) is 13.8 Å². The van der Waals surface area contributed by atoms with Crippen molar-refractivity contribution < 1.29 is 23.8 Å². The molecule has 0 saturated heterocycles. The van der Waals surface area contributed by atoms with E-state index in [-0.39, 0.29) is 31.0 Å². The van der Waals surface area contributed by atoms with E-state index in [0.29, 0.717) is 36.2 Å². The Morgan fingerprint density at radius 1 is 1.23 bits per heavy atom. The molecule has 4 aliphatic rings. The van der Waals surface area contributed by atoms with Gasteiger partial charge in [-0.2, -0.15) is 0 Å². The Kier molecular flexibility index (Phi) is 5.62. The fourth-order valence-electron chi connectivity index (χ4n) is 7.82. The number of benzene rings is 1. The van der Waals surface area contributed by atoms with Crippen LogP contribution in [0.4, 0.5) is 14.5 Å². The molecule has 1 aromatic rings. The van der Waals surface area contributed by atoms with Gasteiger partial charge in [0.15, 0.2) is 0 Å². The summed E-state index contributed by atoms with van der Waals surface area (Å²) in [5.41, 5.74) is 3.09. The van der Waals surface area contributed by atoms with E-state index in [1.165, 1.54) is 18.3 Å². The van der Waals surface area contributed by atoms with Gasteiger partial charge in [0.05, 0.1) is 17.5 Å². The molecule has 0 heterocycles. The second-order valence-electron chi connectivity index (χ2n) is 11.2. The van der Waals surface area contributed by atoms with Crippen molar-refractivity contribution in [3.8, 4) is 0 Å². The number of nitrogens with two attached hydrogens (primary N) is 1. The lowest BCUT2D eigenvalue weighted by molar-refractivity contribution is -0.222. The minimum Gasteiger partial charge on any atom is -0.404 e. The SMILES string of the molecule is C[C@]12CC(=CN)C(=Nc3ccc(F)cc3)C=C1CC[C@H]1[C@@H]3CC[C@](O)(C(=O)S)[C@@]3(C)C[C@H](O)[C@@]12F. The number of aliphatic hydroxyl groups excluding tert-OH is 1. The Morgan fingerprint density at radius 3 is 2.54 bits per heavy atom. The topological polar surface area (TPSA) is 95.9 Å². The number of thiol groups is 1. The van der Waals surface area contributed by atoms with Crippen molar-refractivity contribution in [3.63, 3.8) is 0 Å². The zero-order valence-electron chi connectivity index (χ0n) is 20.0. The van der Waals surface area contributed by atoms with Gasteiger partial charge < -0.3 is 15.9 Å². The van der Waals surface area contributed by atoms with Crippen LogP contribution in [-0.4, -0.2) is 38.4 Å². The first-order valence-electron chi connectivity index (χ1n) is 12.2. The number of nitrogens with zero attached hydrogens (tertiary/aromatic N) is 1. The van der Waals surface area contributed by atoms with Crippen LogP contribution < -0.4 is 5.73 Å². The summed E-state index contributed by atoms with van der Waals surface area (Å²) in [6.07, 6.45) is 4.01. The van der Waals surface area contributed by atoms with Crippen LogP contribution in [0.1, 0.15) is 52.4 Å². The van der Waals surface area contributed by atoms with Crippen LogP contribution in [0.25, 0.3) is 0 Å². The Balaban J connectivity index is 1.57. The Bertz CT molecular complexity index is 1170. The van der Waals surface area contributed by atoms with E-state index >= 15 is 4.39 Å². The molecule has 188 valence electrons. The van der Waals surface area contributed by atoms with E-state index in [1.54, 1.807) is 19.1 Å². The van der Waals surface area contributed by atoms with Crippen LogP contribution in [-0.2, 0) is 4.79 Å². The van der Waals surface area contributed by atoms with Crippen molar-refractivity contribution in [2.75, 3.05) is 0 Å². The van der Waals surface area contributed by atoms with Gasteiger partial charge in [-0.1, -0.05) is 19.4 Å². The molecule has 0 radical (unpaired) electrons. The van der Waals surface area contributed by atoms with Crippen molar-refractivity contribution in [3.05, 3.63) is 53.5 Å². The molecule has 0 aromatic heterocycles. The summed E-state index contributed by atoms with van der Waals surface area (Å²) in [6.45, 7) is 3.65. The maximum atomic E-state index is 17.5. The minimum atomic E-state index is -1.96. The van der Waals surface area contributed by atoms with Gasteiger partial charge in [-0.05, 0) is 86.6 Å². The average Bonchev–Trinajstić information content (AvgIpc) is 3.08. The molecule has 3 saturated carbocycles. The molecule has 0 bridgehead atoms. The zero-order valence-corrected chi connectivity index (χ0v) is 20.9. The summed E-state index contributed by atoms with van der Waals surface area (Å²) < 4.78 is 30.8. The molecular formula is C27H32F2N2O3S. The molecule has 3 fully saturated rings. The molecular weight excluding hydrogens is 470 g/mol. The maximum Gasteiger partial charge on any atom is 0.218 e. The van der Waals surface area contributed by atoms with E-state index < -0.39 is 39.2 Å². The lowest BCUT2D eigenvalue weighted by atomic mass is 9.43. The van der Waals surface area contributed by atoms with Crippen LogP contribution in [0.2, 0.25) is 0 Å². The number of aliphatic imine (C=N–C) groups is 1. The maximum absolute atomic E-state index is 17.5. The molecule has 0 aliphatic heterocycles. The smallest absolute Gasteiger partial charge is 0.218 e. The molecule has 8 heteroatoms. The summed E-state index contributed by atoms with van der Waals surface area (Å²) in [7, 11) is 0. The predicted octanol–water partition coefficient (Wildman–Crippen LogP) is 4.56. The highest BCUT2D eigenvalue weighted by molar-refractivity contribution is 7.96. The first-order chi connectivity index (χ1) is 16.4. The van der Waals surface area contributed by atoms with Crippen molar-refractivity contribution in [2.45, 2.75) is 69.7 Å². The lowest BCUT2D eigenvalue weighted by Crippen LogP contribution is -2.69. The Hall–Kier alpha value is -2.03. The van der Waals surface area contributed by atoms with Crippen LogP contribution in [0, 0.1) is 28.5 Å². The number of rotatable bonds is 2. The minimum absolute atomic E-state index is 0.0193. The van der Waals surface area contributed by atoms with Crippen molar-refractivity contribution >= 4 is 29.1 Å². The third-order valence-corrected chi connectivity index (χ3v) is 10.2. The number of aliphatic hydroxyl groups is 2. The quantitative estimate of drug-likeness (QED) is 0.446. The average molecular weight is 503 g/mol. The number of carbonyl (C=O) groups excluding carboxylic acids is 1. The van der Waals surface area contributed by atoms with Gasteiger partial charge >= 0.3 is 0 Å². The molecule has 1 aromatic carbocycles. The van der Waals surface area contributed by atoms with Crippen LogP contribution >= 0.6 is 12.6 Å². The van der Waals surface area contributed by atoms with Gasteiger partial charge in [0.25, 0.3) is 0 Å². The normalized spacial score (nSPS) is 45.0. The molecule has 7 atom stereocenters. The summed E-state index contributed by atoms with van der Waals surface area (Å²) in [4.78, 5) is 17.0. The van der Waals surface area contributed by atoms with Gasteiger partial charge in [-0.3, -0.25) is 4.79 Å². The lowest BCUT2D eigenvalue weighted by Gasteiger charge is -2.63. The van der Waals surface area contributed by atoms with Crippen molar-refractivity contribution in [1.29, 1.82) is 0 Å². The fourth-order valence-corrected chi connectivity index (χ4v) is 8.18. The standard InChI is InChI=1S/C27H32F2N2O3S/c1-24-12-15(14-30)21(31-18-6-4-17(28)5-7-18)11-16(24)3-8-20-19-9-10-26(34,23(33)35)25(19,2)13-22(32)27(20,24)29/h4-7,11,14,19-20,22,32,34H,3,8-10,12-13,30H2,1-2H3,(H,33,35)/t19-,20-,22-,24-,25-,26-,27-/m0/s1. The molecule has 4 N–H and O–H groups in total. The second-order valence-corrected chi connectivity index (χ2v) is 11.6. The number of hydrogen-bond donors (Lipinski definition) is 4. The molecule has 5 rings (SSSR count). The highest BCUT2D eigenvalue weighted by Gasteiger charge is 2.74. The van der Waals surface area contributed by atoms with Crippen LogP contribution in [0.15, 0.2) is 52.7 Å². The van der Waals surface area contributed by atoms with E-state index in [2.05, 4.69) is 17.6 Å². The van der Waals surface area contributed by atoms with E-state index in [0.717, 1.165) is 5.57 Å². The van der Waals surface area contributed by atoms with E-state index in [9.17, 15) is 19.4 Å². The van der Waals surface area contributed by atoms with Gasteiger partial charge in [-0.15, -0.1) is 12.6 Å². The second kappa shape index (κ2) is 7.98. The van der Waals surface area contributed by atoms with E-state index in [1.807, 2.05) is 13.0 Å². The number of carbonyl (C=O) groups is 1. The van der Waals surface area contributed by atoms with Crippen LogP contribution in [0.3, 0.4) is 0 Å². The predicted molar refractivity (Wildman–Crippen MR) is 134 cm³/mol. The number of fused-ring (bicyclic) bond motifs is 5. The first kappa shape index (κ1) is 24.7.